The third-order valence-electron chi connectivity index (χ3n) is 4.31. The molecule has 0 saturated carbocycles. The summed E-state index contributed by atoms with van der Waals surface area (Å²) in [6.45, 7) is 10.8. The van der Waals surface area contributed by atoms with E-state index in [0.29, 0.717) is 11.4 Å². The standard InChI is InChI=1S/C16H26N4O/c1-11(2)13-8-12(9-14(17)18-13)15(21)20-7-6-19(5)16(3,4)10-20/h8-9,11H,6-7,10H2,1-5H3,(H2,17,18). The first-order valence-electron chi connectivity index (χ1n) is 7.48. The van der Waals surface area contributed by atoms with Gasteiger partial charge in [-0.2, -0.15) is 0 Å². The van der Waals surface area contributed by atoms with Crippen LogP contribution in [0.3, 0.4) is 0 Å². The van der Waals surface area contributed by atoms with Crippen LogP contribution in [0.4, 0.5) is 5.82 Å². The molecule has 1 fully saturated rings. The summed E-state index contributed by atoms with van der Waals surface area (Å²) in [6, 6.07) is 3.55. The number of pyridine rings is 1. The van der Waals surface area contributed by atoms with Gasteiger partial charge in [-0.05, 0) is 38.9 Å². The van der Waals surface area contributed by atoms with Gasteiger partial charge in [0, 0.05) is 36.4 Å². The first kappa shape index (κ1) is 15.8. The number of hydrogen-bond donors (Lipinski definition) is 1. The van der Waals surface area contributed by atoms with Gasteiger partial charge in [0.2, 0.25) is 0 Å². The number of nitrogens with two attached hydrogens (primary N) is 1. The van der Waals surface area contributed by atoms with Crippen LogP contribution in [0.15, 0.2) is 12.1 Å². The summed E-state index contributed by atoms with van der Waals surface area (Å²) in [5.74, 6) is 0.717. The zero-order valence-corrected chi connectivity index (χ0v) is 13.7. The lowest BCUT2D eigenvalue weighted by molar-refractivity contribution is 0.0311. The van der Waals surface area contributed by atoms with Crippen molar-refractivity contribution in [2.45, 2.75) is 39.2 Å². The Morgan fingerprint density at radius 3 is 2.57 bits per heavy atom. The van der Waals surface area contributed by atoms with Crippen LogP contribution in [0.2, 0.25) is 0 Å². The van der Waals surface area contributed by atoms with Crippen molar-refractivity contribution in [3.05, 3.63) is 23.4 Å². The Labute approximate surface area is 127 Å². The number of aromatic nitrogens is 1. The van der Waals surface area contributed by atoms with E-state index >= 15 is 0 Å². The van der Waals surface area contributed by atoms with E-state index in [1.807, 2.05) is 11.0 Å². The number of anilines is 1. The minimum absolute atomic E-state index is 0.00658. The van der Waals surface area contributed by atoms with E-state index in [1.54, 1.807) is 6.07 Å². The second-order valence-corrected chi connectivity index (χ2v) is 6.82. The van der Waals surface area contributed by atoms with Crippen molar-refractivity contribution in [1.29, 1.82) is 0 Å². The molecule has 0 aromatic carbocycles. The molecule has 1 aliphatic heterocycles. The number of rotatable bonds is 2. The second kappa shape index (κ2) is 5.64. The SMILES string of the molecule is CC(C)c1cc(C(=O)N2CCN(C)C(C)(C)C2)cc(N)n1. The van der Waals surface area contributed by atoms with Gasteiger partial charge in [-0.3, -0.25) is 9.69 Å². The van der Waals surface area contributed by atoms with Gasteiger partial charge < -0.3 is 10.6 Å². The summed E-state index contributed by atoms with van der Waals surface area (Å²) in [4.78, 5) is 21.3. The monoisotopic (exact) mass is 290 g/mol. The molecular formula is C16H26N4O. The van der Waals surface area contributed by atoms with Crippen LogP contribution in [0.1, 0.15) is 49.7 Å². The smallest absolute Gasteiger partial charge is 0.254 e. The highest BCUT2D eigenvalue weighted by Gasteiger charge is 2.33. The molecule has 2 heterocycles. The van der Waals surface area contributed by atoms with Crippen molar-refractivity contribution < 1.29 is 4.79 Å². The van der Waals surface area contributed by atoms with E-state index in [9.17, 15) is 4.79 Å². The van der Waals surface area contributed by atoms with E-state index in [-0.39, 0.29) is 17.4 Å². The lowest BCUT2D eigenvalue weighted by Crippen LogP contribution is -2.58. The Bertz CT molecular complexity index is 539. The minimum Gasteiger partial charge on any atom is -0.384 e. The first-order chi connectivity index (χ1) is 9.70. The highest BCUT2D eigenvalue weighted by molar-refractivity contribution is 5.95. The number of likely N-dealkylation sites (N-methyl/N-ethyl adjacent to an activating group) is 1. The van der Waals surface area contributed by atoms with Crippen LogP contribution in [-0.2, 0) is 0 Å². The van der Waals surface area contributed by atoms with E-state index < -0.39 is 0 Å². The Hall–Kier alpha value is -1.62. The van der Waals surface area contributed by atoms with Crippen LogP contribution in [-0.4, -0.2) is 52.9 Å². The molecule has 0 spiro atoms. The predicted octanol–water partition coefficient (Wildman–Crippen LogP) is 1.95. The molecule has 0 unspecified atom stereocenters. The molecule has 1 aromatic rings. The topological polar surface area (TPSA) is 62.5 Å². The molecule has 1 aliphatic rings. The molecular weight excluding hydrogens is 264 g/mol. The third kappa shape index (κ3) is 3.35. The largest absolute Gasteiger partial charge is 0.384 e. The fourth-order valence-corrected chi connectivity index (χ4v) is 2.59. The van der Waals surface area contributed by atoms with Crippen LogP contribution in [0, 0.1) is 0 Å². The van der Waals surface area contributed by atoms with Crippen molar-refractivity contribution in [2.24, 2.45) is 0 Å². The highest BCUT2D eigenvalue weighted by Crippen LogP contribution is 2.22. The lowest BCUT2D eigenvalue weighted by atomic mass is 9.98. The Kier molecular flexibility index (Phi) is 4.23. The maximum Gasteiger partial charge on any atom is 0.254 e. The van der Waals surface area contributed by atoms with Crippen LogP contribution >= 0.6 is 0 Å². The van der Waals surface area contributed by atoms with Gasteiger partial charge in [-0.1, -0.05) is 13.8 Å². The summed E-state index contributed by atoms with van der Waals surface area (Å²) in [5, 5.41) is 0. The molecule has 5 heteroatoms. The number of carbonyl (C=O) groups is 1. The van der Waals surface area contributed by atoms with Crippen LogP contribution in [0.5, 0.6) is 0 Å². The van der Waals surface area contributed by atoms with Crippen molar-refractivity contribution in [2.75, 3.05) is 32.4 Å². The summed E-state index contributed by atoms with van der Waals surface area (Å²) < 4.78 is 0. The first-order valence-corrected chi connectivity index (χ1v) is 7.48. The molecule has 0 bridgehead atoms. The molecule has 116 valence electrons. The molecule has 1 saturated heterocycles. The van der Waals surface area contributed by atoms with Crippen LogP contribution < -0.4 is 5.73 Å². The number of amides is 1. The van der Waals surface area contributed by atoms with E-state index in [2.05, 4.69) is 44.6 Å². The molecule has 0 atom stereocenters. The van der Waals surface area contributed by atoms with Crippen molar-refractivity contribution in [3.8, 4) is 0 Å². The number of carbonyl (C=O) groups excluding carboxylic acids is 1. The summed E-state index contributed by atoms with van der Waals surface area (Å²) >= 11 is 0. The van der Waals surface area contributed by atoms with Crippen molar-refractivity contribution in [1.82, 2.24) is 14.8 Å². The molecule has 2 rings (SSSR count). The molecule has 5 nitrogen and oxygen atoms in total. The second-order valence-electron chi connectivity index (χ2n) is 6.82. The predicted molar refractivity (Wildman–Crippen MR) is 85.4 cm³/mol. The van der Waals surface area contributed by atoms with Gasteiger partial charge >= 0.3 is 0 Å². The van der Waals surface area contributed by atoms with E-state index in [1.165, 1.54) is 0 Å². The third-order valence-corrected chi connectivity index (χ3v) is 4.31. The molecule has 2 N–H and O–H groups in total. The van der Waals surface area contributed by atoms with Crippen LogP contribution in [0.25, 0.3) is 0 Å². The van der Waals surface area contributed by atoms with Gasteiger partial charge in [0.25, 0.3) is 5.91 Å². The Morgan fingerprint density at radius 2 is 2.00 bits per heavy atom. The zero-order chi connectivity index (χ0) is 15.8. The van der Waals surface area contributed by atoms with Crippen molar-refractivity contribution >= 4 is 11.7 Å². The van der Waals surface area contributed by atoms with Gasteiger partial charge in [0.05, 0.1) is 0 Å². The minimum atomic E-state index is -0.00658. The quantitative estimate of drug-likeness (QED) is 0.904. The number of nitrogens with zero attached hydrogens (tertiary/aromatic N) is 3. The fourth-order valence-electron chi connectivity index (χ4n) is 2.59. The molecule has 1 aromatic heterocycles. The molecule has 0 aliphatic carbocycles. The lowest BCUT2D eigenvalue weighted by Gasteiger charge is -2.45. The van der Waals surface area contributed by atoms with E-state index in [0.717, 1.165) is 25.3 Å². The zero-order valence-electron chi connectivity index (χ0n) is 13.7. The normalized spacial score (nSPS) is 19.0. The average molecular weight is 290 g/mol. The van der Waals surface area contributed by atoms with Gasteiger partial charge in [-0.25, -0.2) is 4.98 Å². The van der Waals surface area contributed by atoms with E-state index in [4.69, 9.17) is 5.73 Å². The number of nitrogen functional groups attached to an aromatic ring is 1. The summed E-state index contributed by atoms with van der Waals surface area (Å²) in [5.41, 5.74) is 7.36. The number of hydrogen-bond acceptors (Lipinski definition) is 4. The van der Waals surface area contributed by atoms with Gasteiger partial charge in [0.15, 0.2) is 0 Å². The summed E-state index contributed by atoms with van der Waals surface area (Å²) in [6.07, 6.45) is 0. The Morgan fingerprint density at radius 1 is 1.33 bits per heavy atom. The van der Waals surface area contributed by atoms with Gasteiger partial charge in [0.1, 0.15) is 5.82 Å². The molecule has 1 amide bonds. The molecule has 21 heavy (non-hydrogen) atoms. The fraction of sp³-hybridized carbons (Fsp3) is 0.625. The average Bonchev–Trinajstić information content (AvgIpc) is 2.40. The summed E-state index contributed by atoms with van der Waals surface area (Å²) in [7, 11) is 2.10. The molecule has 0 radical (unpaired) electrons. The number of piperazine rings is 1. The Balaban J connectivity index is 2.24. The maximum absolute atomic E-state index is 12.7. The maximum atomic E-state index is 12.7. The van der Waals surface area contributed by atoms with Crippen molar-refractivity contribution in [3.63, 3.8) is 0 Å². The highest BCUT2D eigenvalue weighted by atomic mass is 16.2. The van der Waals surface area contributed by atoms with Gasteiger partial charge in [-0.15, -0.1) is 0 Å².